The quantitative estimate of drug-likeness (QED) is 0.445. The smallest absolute Gasteiger partial charge is 0.0533 e. The maximum absolute atomic E-state index is 3.00. The zero-order valence-corrected chi connectivity index (χ0v) is 7.66. The van der Waals surface area contributed by atoms with Gasteiger partial charge in [-0.05, 0) is 0 Å². The number of hydrogen-bond acceptors (Lipinski definition) is 0. The molecule has 1 aliphatic carbocycles. The van der Waals surface area contributed by atoms with E-state index in [4.69, 9.17) is 0 Å². The van der Waals surface area contributed by atoms with E-state index in [1.807, 2.05) is 13.8 Å². The van der Waals surface area contributed by atoms with Crippen LogP contribution in [0.4, 0.5) is 0 Å². The third-order valence-corrected chi connectivity index (χ3v) is 1.50. The van der Waals surface area contributed by atoms with Crippen molar-refractivity contribution in [2.24, 2.45) is 0 Å². The normalized spacial score (nSPS) is 15.4. The van der Waals surface area contributed by atoms with Gasteiger partial charge in [0.25, 0.3) is 0 Å². The van der Waals surface area contributed by atoms with Gasteiger partial charge in [0.15, 0.2) is 0 Å². The number of hydrogen-bond donors (Lipinski definition) is 0. The fourth-order valence-electron chi connectivity index (χ4n) is 1.06. The predicted octanol–water partition coefficient (Wildman–Crippen LogP) is 4.17. The molecule has 0 N–H and O–H groups in total. The molecule has 10 heavy (non-hydrogen) atoms. The first kappa shape index (κ1) is 12.4. The lowest BCUT2D eigenvalue weighted by Crippen LogP contribution is -1.85. The minimum Gasteiger partial charge on any atom is -0.106 e. The SMILES string of the molecule is C1CCCCC1.C=C.CC. The molecule has 62 valence electrons. The van der Waals surface area contributed by atoms with Gasteiger partial charge in [0.05, 0.1) is 0 Å². The summed E-state index contributed by atoms with van der Waals surface area (Å²) in [5, 5.41) is 0. The summed E-state index contributed by atoms with van der Waals surface area (Å²) in [6.07, 6.45) is 9.00. The Morgan fingerprint density at radius 2 is 0.700 bits per heavy atom. The van der Waals surface area contributed by atoms with Crippen molar-refractivity contribution < 1.29 is 0 Å². The Kier molecular flexibility index (Phi) is 19.7. The molecule has 1 saturated carbocycles. The molecule has 0 radical (unpaired) electrons. The van der Waals surface area contributed by atoms with E-state index in [2.05, 4.69) is 13.2 Å². The third-order valence-electron chi connectivity index (χ3n) is 1.50. The van der Waals surface area contributed by atoms with E-state index in [9.17, 15) is 0 Å². The van der Waals surface area contributed by atoms with Gasteiger partial charge in [-0.15, -0.1) is 13.2 Å². The van der Waals surface area contributed by atoms with Crippen molar-refractivity contribution in [1.82, 2.24) is 0 Å². The van der Waals surface area contributed by atoms with Gasteiger partial charge in [-0.25, -0.2) is 0 Å². The minimum absolute atomic E-state index is 1.50. The summed E-state index contributed by atoms with van der Waals surface area (Å²) in [5.41, 5.74) is 0. The molecule has 0 nitrogen and oxygen atoms in total. The fraction of sp³-hybridized carbons (Fsp3) is 0.800. The molecule has 0 unspecified atom stereocenters. The monoisotopic (exact) mass is 142 g/mol. The van der Waals surface area contributed by atoms with Gasteiger partial charge in [0, 0.05) is 0 Å². The van der Waals surface area contributed by atoms with E-state index in [1.54, 1.807) is 0 Å². The van der Waals surface area contributed by atoms with E-state index in [-0.39, 0.29) is 0 Å². The fourth-order valence-corrected chi connectivity index (χ4v) is 1.06. The van der Waals surface area contributed by atoms with Crippen molar-refractivity contribution in [2.75, 3.05) is 0 Å². The van der Waals surface area contributed by atoms with Crippen molar-refractivity contribution in [1.29, 1.82) is 0 Å². The molecule has 1 rings (SSSR count). The lowest BCUT2D eigenvalue weighted by Gasteiger charge is -2.05. The number of rotatable bonds is 0. The average molecular weight is 142 g/mol. The molecule has 0 spiro atoms. The first-order chi connectivity index (χ1) is 5.00. The molecule has 1 fully saturated rings. The van der Waals surface area contributed by atoms with Crippen molar-refractivity contribution in [3.05, 3.63) is 13.2 Å². The highest BCUT2D eigenvalue weighted by molar-refractivity contribution is 4.51. The summed E-state index contributed by atoms with van der Waals surface area (Å²) in [7, 11) is 0. The summed E-state index contributed by atoms with van der Waals surface area (Å²) >= 11 is 0. The average Bonchev–Trinajstić information content (AvgIpc) is 2.14. The highest BCUT2D eigenvalue weighted by Gasteiger charge is 1.95. The van der Waals surface area contributed by atoms with Gasteiger partial charge >= 0.3 is 0 Å². The Labute approximate surface area is 66.3 Å². The second kappa shape index (κ2) is 15.9. The van der Waals surface area contributed by atoms with Crippen LogP contribution in [0.25, 0.3) is 0 Å². The molecule has 0 heteroatoms. The Balaban J connectivity index is 0. The maximum Gasteiger partial charge on any atom is -0.0533 e. The first-order valence-corrected chi connectivity index (χ1v) is 4.50. The second-order valence-electron chi connectivity index (χ2n) is 2.12. The highest BCUT2D eigenvalue weighted by Crippen LogP contribution is 2.15. The van der Waals surface area contributed by atoms with Gasteiger partial charge < -0.3 is 0 Å². The molecule has 0 atom stereocenters. The zero-order valence-electron chi connectivity index (χ0n) is 7.66. The molecule has 0 aliphatic heterocycles. The van der Waals surface area contributed by atoms with Crippen LogP contribution in [-0.4, -0.2) is 0 Å². The van der Waals surface area contributed by atoms with Crippen LogP contribution in [0.15, 0.2) is 13.2 Å². The highest BCUT2D eigenvalue weighted by atomic mass is 14.0. The van der Waals surface area contributed by atoms with Crippen molar-refractivity contribution >= 4 is 0 Å². The molecular weight excluding hydrogens is 120 g/mol. The molecule has 0 aromatic heterocycles. The van der Waals surface area contributed by atoms with Crippen LogP contribution in [0.1, 0.15) is 52.4 Å². The van der Waals surface area contributed by atoms with E-state index in [0.29, 0.717) is 0 Å². The Morgan fingerprint density at radius 1 is 0.600 bits per heavy atom. The van der Waals surface area contributed by atoms with Crippen molar-refractivity contribution in [3.8, 4) is 0 Å². The molecule has 0 amide bonds. The third kappa shape index (κ3) is 10.7. The predicted molar refractivity (Wildman–Crippen MR) is 50.3 cm³/mol. The van der Waals surface area contributed by atoms with Crippen LogP contribution in [0.3, 0.4) is 0 Å². The zero-order chi connectivity index (χ0) is 8.24. The summed E-state index contributed by atoms with van der Waals surface area (Å²) < 4.78 is 0. The molecular formula is C10H22. The van der Waals surface area contributed by atoms with E-state index in [0.717, 1.165) is 0 Å². The molecule has 1 aliphatic rings. The minimum atomic E-state index is 1.50. The van der Waals surface area contributed by atoms with Crippen LogP contribution in [0.5, 0.6) is 0 Å². The van der Waals surface area contributed by atoms with Gasteiger partial charge in [-0.1, -0.05) is 52.4 Å². The first-order valence-electron chi connectivity index (χ1n) is 4.50. The largest absolute Gasteiger partial charge is 0.106 e. The summed E-state index contributed by atoms with van der Waals surface area (Å²) in [5.74, 6) is 0. The van der Waals surface area contributed by atoms with Crippen LogP contribution >= 0.6 is 0 Å². The Morgan fingerprint density at radius 3 is 0.800 bits per heavy atom. The standard InChI is InChI=1S/C6H12.C2H6.C2H4/c1-2-4-6-5-3-1;2*1-2/h1-6H2;1-2H3;1-2H2. The van der Waals surface area contributed by atoms with Gasteiger partial charge in [-0.2, -0.15) is 0 Å². The van der Waals surface area contributed by atoms with E-state index >= 15 is 0 Å². The molecule has 0 heterocycles. The summed E-state index contributed by atoms with van der Waals surface area (Å²) in [6.45, 7) is 10.0. The Bertz CT molecular complexity index is 23.8. The second-order valence-corrected chi connectivity index (χ2v) is 2.12. The van der Waals surface area contributed by atoms with Crippen LogP contribution in [-0.2, 0) is 0 Å². The maximum atomic E-state index is 3.00. The lowest BCUT2D eigenvalue weighted by atomic mass is 10.0. The molecule has 0 bridgehead atoms. The molecule has 0 saturated heterocycles. The van der Waals surface area contributed by atoms with E-state index in [1.165, 1.54) is 38.5 Å². The van der Waals surface area contributed by atoms with Gasteiger partial charge in [0.1, 0.15) is 0 Å². The van der Waals surface area contributed by atoms with Crippen LogP contribution in [0, 0.1) is 0 Å². The topological polar surface area (TPSA) is 0 Å². The van der Waals surface area contributed by atoms with Gasteiger partial charge in [0.2, 0.25) is 0 Å². The van der Waals surface area contributed by atoms with Crippen molar-refractivity contribution in [3.63, 3.8) is 0 Å². The summed E-state index contributed by atoms with van der Waals surface area (Å²) in [6, 6.07) is 0. The lowest BCUT2D eigenvalue weighted by molar-refractivity contribution is 0.504. The Hall–Kier alpha value is -0.260. The molecule has 0 aromatic carbocycles. The molecule has 0 aromatic rings. The van der Waals surface area contributed by atoms with Crippen molar-refractivity contribution in [2.45, 2.75) is 52.4 Å². The van der Waals surface area contributed by atoms with Crippen LogP contribution < -0.4 is 0 Å². The van der Waals surface area contributed by atoms with Gasteiger partial charge in [-0.3, -0.25) is 0 Å². The van der Waals surface area contributed by atoms with Crippen LogP contribution in [0.2, 0.25) is 0 Å². The summed E-state index contributed by atoms with van der Waals surface area (Å²) in [4.78, 5) is 0. The van der Waals surface area contributed by atoms with E-state index < -0.39 is 0 Å².